The van der Waals surface area contributed by atoms with Crippen LogP contribution < -0.4 is 9.47 Å². The van der Waals surface area contributed by atoms with E-state index >= 15 is 0 Å². The topological polar surface area (TPSA) is 55.8 Å². The van der Waals surface area contributed by atoms with Gasteiger partial charge in [-0.3, -0.25) is 0 Å². The Balaban J connectivity index is 1.59. The van der Waals surface area contributed by atoms with Crippen molar-refractivity contribution >= 4 is 21.4 Å². The predicted octanol–water partition coefficient (Wildman–Crippen LogP) is 3.02. The Kier molecular flexibility index (Phi) is 5.51. The number of rotatable bonds is 6. The number of fused-ring (bicyclic) bond motifs is 1. The summed E-state index contributed by atoms with van der Waals surface area (Å²) in [7, 11) is -1.43. The lowest BCUT2D eigenvalue weighted by atomic mass is 10.2. The van der Waals surface area contributed by atoms with E-state index in [1.54, 1.807) is 24.3 Å². The molecule has 7 heteroatoms. The van der Waals surface area contributed by atoms with Gasteiger partial charge in [0.15, 0.2) is 21.3 Å². The fraction of sp³-hybridized carbons (Fsp3) is 0.333. The number of sulfone groups is 1. The zero-order valence-electron chi connectivity index (χ0n) is 13.9. The molecular formula is C18H20ClNO4S. The van der Waals surface area contributed by atoms with E-state index in [0.29, 0.717) is 36.2 Å². The Bertz CT molecular complexity index is 837. The molecule has 134 valence electrons. The minimum atomic E-state index is -3.32. The molecule has 1 aliphatic rings. The van der Waals surface area contributed by atoms with Crippen molar-refractivity contribution in [3.05, 3.63) is 53.1 Å². The minimum absolute atomic E-state index is 0.0513. The summed E-state index contributed by atoms with van der Waals surface area (Å²) >= 11 is 5.81. The van der Waals surface area contributed by atoms with E-state index in [1.165, 1.54) is 0 Å². The second-order valence-corrected chi connectivity index (χ2v) is 8.53. The van der Waals surface area contributed by atoms with Crippen LogP contribution in [0.5, 0.6) is 11.5 Å². The summed E-state index contributed by atoms with van der Waals surface area (Å²) in [4.78, 5) is 2.27. The molecule has 2 aromatic rings. The lowest BCUT2D eigenvalue weighted by Gasteiger charge is -2.21. The van der Waals surface area contributed by atoms with E-state index in [0.717, 1.165) is 17.1 Å². The summed E-state index contributed by atoms with van der Waals surface area (Å²) in [6, 6.07) is 12.1. The standard InChI is InChI=1S/C18H20ClNO4S/c1-20(8-11-25(21,22)16-5-3-15(19)4-6-16)13-14-2-7-17-18(12-14)24-10-9-23-17/h2-7,12H,8-11,13H2,1H3. The average molecular weight is 382 g/mol. The second kappa shape index (κ2) is 7.64. The fourth-order valence-electron chi connectivity index (χ4n) is 2.61. The summed E-state index contributed by atoms with van der Waals surface area (Å²) in [5, 5.41) is 0.523. The van der Waals surface area contributed by atoms with Gasteiger partial charge in [0.2, 0.25) is 0 Å². The molecule has 0 aromatic heterocycles. The molecule has 5 nitrogen and oxygen atoms in total. The molecule has 0 saturated carbocycles. The maximum atomic E-state index is 12.4. The molecule has 0 amide bonds. The van der Waals surface area contributed by atoms with Gasteiger partial charge >= 0.3 is 0 Å². The third-order valence-electron chi connectivity index (χ3n) is 3.97. The van der Waals surface area contributed by atoms with Crippen LogP contribution in [0.3, 0.4) is 0 Å². The number of ether oxygens (including phenoxy) is 2. The number of hydrogen-bond acceptors (Lipinski definition) is 5. The van der Waals surface area contributed by atoms with Gasteiger partial charge in [0, 0.05) is 18.1 Å². The van der Waals surface area contributed by atoms with E-state index in [-0.39, 0.29) is 5.75 Å². The minimum Gasteiger partial charge on any atom is -0.486 e. The first-order valence-corrected chi connectivity index (χ1v) is 10.0. The Morgan fingerprint density at radius 1 is 1.04 bits per heavy atom. The molecule has 0 fully saturated rings. The Morgan fingerprint density at radius 2 is 1.72 bits per heavy atom. The fourth-order valence-corrected chi connectivity index (χ4v) is 4.08. The van der Waals surface area contributed by atoms with Crippen LogP contribution in [0.1, 0.15) is 5.56 Å². The molecule has 0 unspecified atom stereocenters. The number of halogens is 1. The lowest BCUT2D eigenvalue weighted by molar-refractivity contribution is 0.171. The van der Waals surface area contributed by atoms with Crippen molar-refractivity contribution in [2.24, 2.45) is 0 Å². The molecule has 3 rings (SSSR count). The van der Waals surface area contributed by atoms with Gasteiger partial charge in [-0.15, -0.1) is 0 Å². The van der Waals surface area contributed by atoms with Crippen LogP contribution in [0.25, 0.3) is 0 Å². The molecule has 0 aliphatic carbocycles. The average Bonchev–Trinajstić information content (AvgIpc) is 2.60. The quantitative estimate of drug-likeness (QED) is 0.769. The predicted molar refractivity (Wildman–Crippen MR) is 97.3 cm³/mol. The van der Waals surface area contributed by atoms with Crippen molar-refractivity contribution in [3.63, 3.8) is 0 Å². The first-order valence-electron chi connectivity index (χ1n) is 7.99. The highest BCUT2D eigenvalue weighted by atomic mass is 35.5. The van der Waals surface area contributed by atoms with Crippen molar-refractivity contribution < 1.29 is 17.9 Å². The molecule has 2 aromatic carbocycles. The number of hydrogen-bond donors (Lipinski definition) is 0. The first kappa shape index (κ1) is 18.0. The molecule has 0 N–H and O–H groups in total. The van der Waals surface area contributed by atoms with Gasteiger partial charge in [-0.05, 0) is 49.0 Å². The van der Waals surface area contributed by atoms with Gasteiger partial charge in [0.1, 0.15) is 13.2 Å². The van der Waals surface area contributed by atoms with Crippen LogP contribution in [-0.2, 0) is 16.4 Å². The zero-order valence-corrected chi connectivity index (χ0v) is 15.5. The van der Waals surface area contributed by atoms with E-state index in [4.69, 9.17) is 21.1 Å². The van der Waals surface area contributed by atoms with Crippen molar-refractivity contribution in [2.45, 2.75) is 11.4 Å². The van der Waals surface area contributed by atoms with Crippen molar-refractivity contribution in [2.75, 3.05) is 32.6 Å². The normalized spacial score (nSPS) is 13.9. The SMILES string of the molecule is CN(CCS(=O)(=O)c1ccc(Cl)cc1)Cc1ccc2c(c1)OCCO2. The summed E-state index contributed by atoms with van der Waals surface area (Å²) < 4.78 is 35.9. The lowest BCUT2D eigenvalue weighted by Crippen LogP contribution is -2.25. The zero-order chi connectivity index (χ0) is 17.9. The van der Waals surface area contributed by atoms with E-state index in [1.807, 2.05) is 30.1 Å². The van der Waals surface area contributed by atoms with Crippen LogP contribution in [0, 0.1) is 0 Å². The summed E-state index contributed by atoms with van der Waals surface area (Å²) in [5.74, 6) is 1.55. The molecule has 0 spiro atoms. The van der Waals surface area contributed by atoms with Crippen LogP contribution in [-0.4, -0.2) is 45.9 Å². The maximum absolute atomic E-state index is 12.4. The largest absolute Gasteiger partial charge is 0.486 e. The highest BCUT2D eigenvalue weighted by Crippen LogP contribution is 2.31. The molecule has 1 heterocycles. The van der Waals surface area contributed by atoms with Crippen molar-refractivity contribution in [1.29, 1.82) is 0 Å². The highest BCUT2D eigenvalue weighted by Gasteiger charge is 2.16. The molecule has 0 saturated heterocycles. The first-order chi connectivity index (χ1) is 11.9. The molecule has 0 radical (unpaired) electrons. The molecule has 0 atom stereocenters. The van der Waals surface area contributed by atoms with Crippen LogP contribution >= 0.6 is 11.6 Å². The smallest absolute Gasteiger partial charge is 0.179 e. The Hall–Kier alpha value is -1.76. The monoisotopic (exact) mass is 381 g/mol. The van der Waals surface area contributed by atoms with Gasteiger partial charge in [0.05, 0.1) is 10.6 Å². The van der Waals surface area contributed by atoms with Gasteiger partial charge in [0.25, 0.3) is 0 Å². The van der Waals surface area contributed by atoms with Crippen molar-refractivity contribution in [1.82, 2.24) is 4.90 Å². The number of nitrogens with zero attached hydrogens (tertiary/aromatic N) is 1. The molecule has 0 bridgehead atoms. The summed E-state index contributed by atoms with van der Waals surface area (Å²) in [6.45, 7) is 2.17. The van der Waals surface area contributed by atoms with E-state index in [2.05, 4.69) is 0 Å². The third kappa shape index (κ3) is 4.66. The van der Waals surface area contributed by atoms with Crippen molar-refractivity contribution in [3.8, 4) is 11.5 Å². The van der Waals surface area contributed by atoms with Gasteiger partial charge < -0.3 is 14.4 Å². The molecular weight excluding hydrogens is 362 g/mol. The van der Waals surface area contributed by atoms with Crippen LogP contribution in [0.2, 0.25) is 5.02 Å². The molecule has 1 aliphatic heterocycles. The summed E-state index contributed by atoms with van der Waals surface area (Å²) in [5.41, 5.74) is 1.05. The van der Waals surface area contributed by atoms with Gasteiger partial charge in [-0.1, -0.05) is 17.7 Å². The Morgan fingerprint density at radius 3 is 2.44 bits per heavy atom. The van der Waals surface area contributed by atoms with Gasteiger partial charge in [-0.2, -0.15) is 0 Å². The second-order valence-electron chi connectivity index (χ2n) is 5.99. The summed E-state index contributed by atoms with van der Waals surface area (Å²) in [6.07, 6.45) is 0. The number of benzene rings is 2. The van der Waals surface area contributed by atoms with Crippen LogP contribution in [0.15, 0.2) is 47.4 Å². The van der Waals surface area contributed by atoms with Crippen LogP contribution in [0.4, 0.5) is 0 Å². The van der Waals surface area contributed by atoms with Gasteiger partial charge in [-0.25, -0.2) is 8.42 Å². The highest BCUT2D eigenvalue weighted by molar-refractivity contribution is 7.91. The van der Waals surface area contributed by atoms with E-state index in [9.17, 15) is 8.42 Å². The van der Waals surface area contributed by atoms with E-state index < -0.39 is 9.84 Å². The third-order valence-corrected chi connectivity index (χ3v) is 5.94. The maximum Gasteiger partial charge on any atom is 0.179 e. The molecule has 25 heavy (non-hydrogen) atoms. The Labute approximate surface area is 153 Å².